The molecule has 0 amide bonds. The Morgan fingerprint density at radius 3 is 2.17 bits per heavy atom. The highest BCUT2D eigenvalue weighted by Crippen LogP contribution is 2.29. The van der Waals surface area contributed by atoms with Crippen LogP contribution in [0, 0.1) is 0 Å². The second-order valence-corrected chi connectivity index (χ2v) is 5.46. The third kappa shape index (κ3) is 5.37. The molecule has 0 saturated carbocycles. The smallest absolute Gasteiger partial charge is 0.385 e. The highest BCUT2D eigenvalue weighted by molar-refractivity contribution is 7.89. The summed E-state index contributed by atoms with van der Waals surface area (Å²) < 4.78 is 58.0. The molecular weight excluding hydrogens is 269 g/mol. The SMILES string of the molecule is NS(=O)(=O)CCCNc1ccc(C(F)(F)F)cc1. The van der Waals surface area contributed by atoms with Crippen molar-refractivity contribution in [2.24, 2.45) is 5.14 Å². The van der Waals surface area contributed by atoms with E-state index in [1.807, 2.05) is 0 Å². The first-order valence-corrected chi connectivity index (χ1v) is 6.81. The summed E-state index contributed by atoms with van der Waals surface area (Å²) in [6.07, 6.45) is -4.06. The first-order valence-electron chi connectivity index (χ1n) is 5.10. The molecule has 1 aromatic rings. The van der Waals surface area contributed by atoms with E-state index in [0.717, 1.165) is 12.1 Å². The summed E-state index contributed by atoms with van der Waals surface area (Å²) in [5.74, 6) is -0.166. The molecule has 0 saturated heterocycles. The van der Waals surface area contributed by atoms with E-state index >= 15 is 0 Å². The predicted octanol–water partition coefficient (Wildman–Crippen LogP) is 1.80. The molecule has 0 bridgehead atoms. The van der Waals surface area contributed by atoms with E-state index in [4.69, 9.17) is 5.14 Å². The van der Waals surface area contributed by atoms with Gasteiger partial charge in [-0.2, -0.15) is 13.2 Å². The quantitative estimate of drug-likeness (QED) is 0.809. The first kappa shape index (κ1) is 14.8. The zero-order valence-electron chi connectivity index (χ0n) is 9.37. The molecular formula is C10H13F3N2O2S. The monoisotopic (exact) mass is 282 g/mol. The summed E-state index contributed by atoms with van der Waals surface area (Å²) in [6, 6.07) is 4.50. The molecule has 0 fully saturated rings. The number of nitrogens with two attached hydrogens (primary N) is 1. The van der Waals surface area contributed by atoms with Crippen LogP contribution in [0.1, 0.15) is 12.0 Å². The number of nitrogens with one attached hydrogen (secondary N) is 1. The number of rotatable bonds is 5. The lowest BCUT2D eigenvalue weighted by Crippen LogP contribution is -2.18. The van der Waals surface area contributed by atoms with E-state index in [2.05, 4.69) is 5.32 Å². The average molecular weight is 282 g/mol. The third-order valence-corrected chi connectivity index (χ3v) is 3.00. The minimum atomic E-state index is -4.36. The van der Waals surface area contributed by atoms with Crippen LogP contribution in [-0.2, 0) is 16.2 Å². The Morgan fingerprint density at radius 1 is 1.17 bits per heavy atom. The van der Waals surface area contributed by atoms with Crippen molar-refractivity contribution in [3.63, 3.8) is 0 Å². The van der Waals surface area contributed by atoms with Gasteiger partial charge >= 0.3 is 6.18 Å². The average Bonchev–Trinajstić information content (AvgIpc) is 2.22. The van der Waals surface area contributed by atoms with Crippen LogP contribution in [0.4, 0.5) is 18.9 Å². The van der Waals surface area contributed by atoms with Crippen molar-refractivity contribution in [1.82, 2.24) is 0 Å². The Labute approximate surface area is 103 Å². The van der Waals surface area contributed by atoms with Crippen molar-refractivity contribution < 1.29 is 21.6 Å². The zero-order chi connectivity index (χ0) is 13.8. The summed E-state index contributed by atoms with van der Waals surface area (Å²) in [4.78, 5) is 0. The van der Waals surface area contributed by atoms with E-state index in [1.165, 1.54) is 12.1 Å². The van der Waals surface area contributed by atoms with E-state index < -0.39 is 21.8 Å². The van der Waals surface area contributed by atoms with Crippen molar-refractivity contribution >= 4 is 15.7 Å². The number of benzene rings is 1. The highest BCUT2D eigenvalue weighted by Gasteiger charge is 2.29. The standard InChI is InChI=1S/C10H13F3N2O2S/c11-10(12,13)8-2-4-9(5-3-8)15-6-1-7-18(14,16)17/h2-5,15H,1,6-7H2,(H2,14,16,17). The summed E-state index contributed by atoms with van der Waals surface area (Å²) in [6.45, 7) is 0.321. The number of sulfonamides is 1. The van der Waals surface area contributed by atoms with E-state index in [0.29, 0.717) is 18.7 Å². The molecule has 0 aliphatic rings. The number of hydrogen-bond donors (Lipinski definition) is 2. The van der Waals surface area contributed by atoms with Crippen molar-refractivity contribution in [3.8, 4) is 0 Å². The summed E-state index contributed by atoms with van der Waals surface area (Å²) >= 11 is 0. The third-order valence-electron chi connectivity index (χ3n) is 2.15. The molecule has 1 rings (SSSR count). The zero-order valence-corrected chi connectivity index (χ0v) is 10.2. The first-order chi connectivity index (χ1) is 8.18. The molecule has 0 atom stereocenters. The summed E-state index contributed by atoms with van der Waals surface area (Å²) in [5, 5.41) is 7.61. The number of halogens is 3. The Bertz CT molecular complexity index is 483. The Balaban J connectivity index is 2.45. The lowest BCUT2D eigenvalue weighted by molar-refractivity contribution is -0.137. The number of primary sulfonamides is 1. The molecule has 1 aromatic carbocycles. The topological polar surface area (TPSA) is 72.2 Å². The second kappa shape index (κ2) is 5.57. The van der Waals surface area contributed by atoms with Gasteiger partial charge in [0.2, 0.25) is 10.0 Å². The van der Waals surface area contributed by atoms with Gasteiger partial charge in [0.1, 0.15) is 0 Å². The van der Waals surface area contributed by atoms with Crippen LogP contribution in [0.5, 0.6) is 0 Å². The molecule has 4 nitrogen and oxygen atoms in total. The van der Waals surface area contributed by atoms with Crippen molar-refractivity contribution in [3.05, 3.63) is 29.8 Å². The maximum Gasteiger partial charge on any atom is 0.416 e. The fourth-order valence-electron chi connectivity index (χ4n) is 1.28. The number of anilines is 1. The van der Waals surface area contributed by atoms with Crippen LogP contribution in [0.2, 0.25) is 0 Å². The predicted molar refractivity (Wildman–Crippen MR) is 62.5 cm³/mol. The molecule has 0 aliphatic heterocycles. The van der Waals surface area contributed by atoms with Crippen molar-refractivity contribution in [1.29, 1.82) is 0 Å². The van der Waals surface area contributed by atoms with Gasteiger partial charge in [0.25, 0.3) is 0 Å². The van der Waals surface area contributed by atoms with Crippen LogP contribution in [0.25, 0.3) is 0 Å². The lowest BCUT2D eigenvalue weighted by Gasteiger charge is -2.09. The molecule has 0 unspecified atom stereocenters. The molecule has 0 aromatic heterocycles. The van der Waals surface area contributed by atoms with Crippen LogP contribution >= 0.6 is 0 Å². The highest BCUT2D eigenvalue weighted by atomic mass is 32.2. The van der Waals surface area contributed by atoms with Gasteiger partial charge < -0.3 is 5.32 Å². The van der Waals surface area contributed by atoms with Gasteiger partial charge in [0, 0.05) is 12.2 Å². The van der Waals surface area contributed by atoms with Crippen LogP contribution < -0.4 is 10.5 Å². The second-order valence-electron chi connectivity index (χ2n) is 3.72. The van der Waals surface area contributed by atoms with Crippen molar-refractivity contribution in [2.45, 2.75) is 12.6 Å². The van der Waals surface area contributed by atoms with Crippen LogP contribution in [0.15, 0.2) is 24.3 Å². The van der Waals surface area contributed by atoms with Gasteiger partial charge in [-0.15, -0.1) is 0 Å². The molecule has 18 heavy (non-hydrogen) atoms. The Kier molecular flexibility index (Phi) is 4.58. The summed E-state index contributed by atoms with van der Waals surface area (Å²) in [7, 11) is -3.49. The fraction of sp³-hybridized carbons (Fsp3) is 0.400. The van der Waals surface area contributed by atoms with Gasteiger partial charge in [-0.25, -0.2) is 13.6 Å². The van der Waals surface area contributed by atoms with E-state index in [1.54, 1.807) is 0 Å². The lowest BCUT2D eigenvalue weighted by atomic mass is 10.2. The molecule has 0 aliphatic carbocycles. The van der Waals surface area contributed by atoms with Gasteiger partial charge in [0.05, 0.1) is 11.3 Å². The minimum Gasteiger partial charge on any atom is -0.385 e. The number of hydrogen-bond acceptors (Lipinski definition) is 3. The number of alkyl halides is 3. The van der Waals surface area contributed by atoms with Gasteiger partial charge in [-0.05, 0) is 30.7 Å². The van der Waals surface area contributed by atoms with Gasteiger partial charge in [-0.1, -0.05) is 0 Å². The van der Waals surface area contributed by atoms with Gasteiger partial charge in [-0.3, -0.25) is 0 Å². The van der Waals surface area contributed by atoms with Crippen molar-refractivity contribution in [2.75, 3.05) is 17.6 Å². The Hall–Kier alpha value is -1.28. The molecule has 102 valence electrons. The van der Waals surface area contributed by atoms with E-state index in [9.17, 15) is 21.6 Å². The molecule has 8 heteroatoms. The maximum atomic E-state index is 12.3. The van der Waals surface area contributed by atoms with E-state index in [-0.39, 0.29) is 5.75 Å². The van der Waals surface area contributed by atoms with Gasteiger partial charge in [0.15, 0.2) is 0 Å². The van der Waals surface area contributed by atoms with Crippen LogP contribution in [0.3, 0.4) is 0 Å². The Morgan fingerprint density at radius 2 is 1.72 bits per heavy atom. The molecule has 0 spiro atoms. The fourth-order valence-corrected chi connectivity index (χ4v) is 1.83. The molecule has 0 radical (unpaired) electrons. The molecule has 3 N–H and O–H groups in total. The minimum absolute atomic E-state index is 0.166. The largest absolute Gasteiger partial charge is 0.416 e. The maximum absolute atomic E-state index is 12.3. The normalized spacial score (nSPS) is 12.4. The molecule has 0 heterocycles. The summed E-state index contributed by atoms with van der Waals surface area (Å²) in [5.41, 5.74) is -0.227. The van der Waals surface area contributed by atoms with Crippen LogP contribution in [-0.4, -0.2) is 20.7 Å².